The lowest BCUT2D eigenvalue weighted by atomic mass is 9.93. The van der Waals surface area contributed by atoms with Crippen molar-refractivity contribution in [3.8, 4) is 5.75 Å². The molecule has 2 aliphatic rings. The number of amides is 3. The molecule has 1 fully saturated rings. The number of nitrogens with zero attached hydrogens (tertiary/aromatic N) is 1. The lowest BCUT2D eigenvalue weighted by Crippen LogP contribution is -2.46. The standard InChI is InChI=1S/C35H47N3O5/c1-24(2)43-30-22-28(21-29(23-30)38-18-10-15-33(38)40)35(42)37-31(20-27-13-8-5-9-14-27)32(39)19-25(3)34(41)36-17-16-26-11-6-4-7-12-26/h5,8-9,11,13-14,21-25,31-32,39H,4,6-7,10,12,15-20H2,1-3H3,(H,36,41)(H,37,42)/t25-,31+,32-/m1/s1. The summed E-state index contributed by atoms with van der Waals surface area (Å²) in [5, 5.41) is 17.4. The molecule has 2 aromatic carbocycles. The monoisotopic (exact) mass is 589 g/mol. The van der Waals surface area contributed by atoms with E-state index in [-0.39, 0.29) is 30.2 Å². The number of allylic oxidation sites excluding steroid dienone is 1. The molecule has 2 aromatic rings. The molecule has 3 N–H and O–H groups in total. The third-order valence-corrected chi connectivity index (χ3v) is 8.16. The Morgan fingerprint density at radius 2 is 1.81 bits per heavy atom. The van der Waals surface area contributed by atoms with Crippen LogP contribution in [-0.4, -0.2) is 54.2 Å². The van der Waals surface area contributed by atoms with Crippen molar-refractivity contribution in [1.82, 2.24) is 10.6 Å². The van der Waals surface area contributed by atoms with Gasteiger partial charge in [-0.25, -0.2) is 0 Å². The molecular formula is C35H47N3O5. The van der Waals surface area contributed by atoms with Crippen LogP contribution in [0.4, 0.5) is 5.69 Å². The molecule has 1 aliphatic carbocycles. The van der Waals surface area contributed by atoms with Crippen LogP contribution in [0.15, 0.2) is 60.2 Å². The molecule has 1 aliphatic heterocycles. The van der Waals surface area contributed by atoms with E-state index in [0.29, 0.717) is 42.9 Å². The summed E-state index contributed by atoms with van der Waals surface area (Å²) in [6.07, 6.45) is 8.60. The van der Waals surface area contributed by atoms with Gasteiger partial charge >= 0.3 is 0 Å². The summed E-state index contributed by atoms with van der Waals surface area (Å²) in [4.78, 5) is 40.7. The van der Waals surface area contributed by atoms with Crippen LogP contribution in [0.2, 0.25) is 0 Å². The number of aliphatic hydroxyl groups is 1. The van der Waals surface area contributed by atoms with Gasteiger partial charge in [-0.1, -0.05) is 48.9 Å². The first-order valence-corrected chi connectivity index (χ1v) is 15.8. The Bertz CT molecular complexity index is 1280. The fraction of sp³-hybridized carbons (Fsp3) is 0.514. The molecule has 0 saturated carbocycles. The van der Waals surface area contributed by atoms with Crippen LogP contribution < -0.4 is 20.3 Å². The summed E-state index contributed by atoms with van der Waals surface area (Å²) in [6.45, 7) is 6.81. The van der Waals surface area contributed by atoms with Crippen molar-refractivity contribution in [2.24, 2.45) is 5.92 Å². The maximum absolute atomic E-state index is 13.7. The lowest BCUT2D eigenvalue weighted by molar-refractivity contribution is -0.125. The summed E-state index contributed by atoms with van der Waals surface area (Å²) in [7, 11) is 0. The van der Waals surface area contributed by atoms with E-state index in [2.05, 4.69) is 16.7 Å². The lowest BCUT2D eigenvalue weighted by Gasteiger charge is -2.27. The van der Waals surface area contributed by atoms with Gasteiger partial charge in [0.15, 0.2) is 0 Å². The van der Waals surface area contributed by atoms with Gasteiger partial charge < -0.3 is 25.4 Å². The Morgan fingerprint density at radius 1 is 1.02 bits per heavy atom. The molecule has 0 bridgehead atoms. The number of hydrogen-bond donors (Lipinski definition) is 3. The van der Waals surface area contributed by atoms with Gasteiger partial charge in [0.25, 0.3) is 5.91 Å². The van der Waals surface area contributed by atoms with Crippen LogP contribution in [-0.2, 0) is 16.0 Å². The van der Waals surface area contributed by atoms with Gasteiger partial charge in [0.1, 0.15) is 5.75 Å². The zero-order valence-corrected chi connectivity index (χ0v) is 25.8. The average molecular weight is 590 g/mol. The number of anilines is 1. The van der Waals surface area contributed by atoms with Gasteiger partial charge in [-0.05, 0) is 82.9 Å². The van der Waals surface area contributed by atoms with Gasteiger partial charge in [0.2, 0.25) is 11.8 Å². The van der Waals surface area contributed by atoms with E-state index in [1.54, 1.807) is 23.1 Å². The molecule has 0 aromatic heterocycles. The van der Waals surface area contributed by atoms with E-state index >= 15 is 0 Å². The number of aliphatic hydroxyl groups excluding tert-OH is 1. The molecule has 8 nitrogen and oxygen atoms in total. The minimum absolute atomic E-state index is 0.0214. The average Bonchev–Trinajstić information content (AvgIpc) is 3.43. The second kappa shape index (κ2) is 15.7. The van der Waals surface area contributed by atoms with Crippen molar-refractivity contribution in [2.45, 2.75) is 96.8 Å². The minimum Gasteiger partial charge on any atom is -0.491 e. The molecule has 3 amide bonds. The molecule has 1 saturated heterocycles. The Balaban J connectivity index is 1.46. The van der Waals surface area contributed by atoms with Crippen molar-refractivity contribution in [3.05, 3.63) is 71.3 Å². The first-order valence-electron chi connectivity index (χ1n) is 15.8. The van der Waals surface area contributed by atoms with Crippen molar-refractivity contribution < 1.29 is 24.2 Å². The Morgan fingerprint density at radius 3 is 2.49 bits per heavy atom. The number of rotatable bonds is 14. The first-order chi connectivity index (χ1) is 20.7. The predicted octanol–water partition coefficient (Wildman–Crippen LogP) is 5.34. The third kappa shape index (κ3) is 9.68. The molecule has 232 valence electrons. The van der Waals surface area contributed by atoms with E-state index in [1.807, 2.05) is 51.1 Å². The molecule has 0 unspecified atom stereocenters. The van der Waals surface area contributed by atoms with Crippen LogP contribution in [0.1, 0.15) is 88.1 Å². The Kier molecular flexibility index (Phi) is 11.8. The van der Waals surface area contributed by atoms with Crippen LogP contribution in [0.5, 0.6) is 5.75 Å². The third-order valence-electron chi connectivity index (χ3n) is 8.16. The van der Waals surface area contributed by atoms with Gasteiger partial charge in [-0.3, -0.25) is 14.4 Å². The molecule has 43 heavy (non-hydrogen) atoms. The van der Waals surface area contributed by atoms with Gasteiger partial charge in [0, 0.05) is 42.7 Å². The molecule has 3 atom stereocenters. The molecule has 8 heteroatoms. The number of hydrogen-bond acceptors (Lipinski definition) is 5. The van der Waals surface area contributed by atoms with E-state index in [0.717, 1.165) is 31.2 Å². The molecule has 0 radical (unpaired) electrons. The zero-order valence-electron chi connectivity index (χ0n) is 25.8. The number of ether oxygens (including phenoxy) is 1. The van der Waals surface area contributed by atoms with Crippen LogP contribution in [0, 0.1) is 5.92 Å². The summed E-state index contributed by atoms with van der Waals surface area (Å²) in [5.74, 6) is -0.375. The highest BCUT2D eigenvalue weighted by Crippen LogP contribution is 2.29. The second-order valence-corrected chi connectivity index (χ2v) is 12.2. The van der Waals surface area contributed by atoms with E-state index in [1.165, 1.54) is 18.4 Å². The largest absolute Gasteiger partial charge is 0.491 e. The van der Waals surface area contributed by atoms with Crippen molar-refractivity contribution in [3.63, 3.8) is 0 Å². The summed E-state index contributed by atoms with van der Waals surface area (Å²) >= 11 is 0. The van der Waals surface area contributed by atoms with Crippen LogP contribution in [0.25, 0.3) is 0 Å². The van der Waals surface area contributed by atoms with E-state index in [9.17, 15) is 19.5 Å². The maximum atomic E-state index is 13.7. The molecule has 1 heterocycles. The van der Waals surface area contributed by atoms with E-state index < -0.39 is 18.1 Å². The maximum Gasteiger partial charge on any atom is 0.251 e. The Hall–Kier alpha value is -3.65. The zero-order chi connectivity index (χ0) is 30.8. The SMILES string of the molecule is CC(C)Oc1cc(C(=O)N[C@@H](Cc2ccccc2)[C@H](O)C[C@@H](C)C(=O)NCCC2=CCCCC2)cc(N2CCCC2=O)c1. The van der Waals surface area contributed by atoms with Crippen molar-refractivity contribution in [2.75, 3.05) is 18.0 Å². The van der Waals surface area contributed by atoms with Crippen molar-refractivity contribution >= 4 is 23.4 Å². The summed E-state index contributed by atoms with van der Waals surface area (Å²) < 4.78 is 5.92. The van der Waals surface area contributed by atoms with Crippen molar-refractivity contribution in [1.29, 1.82) is 0 Å². The molecular weight excluding hydrogens is 542 g/mol. The highest BCUT2D eigenvalue weighted by molar-refractivity contribution is 5.99. The fourth-order valence-electron chi connectivity index (χ4n) is 5.82. The highest BCUT2D eigenvalue weighted by atomic mass is 16.5. The fourth-order valence-corrected chi connectivity index (χ4v) is 5.82. The number of carbonyl (C=O) groups excluding carboxylic acids is 3. The quantitative estimate of drug-likeness (QED) is 0.258. The van der Waals surface area contributed by atoms with Gasteiger partial charge in [-0.15, -0.1) is 0 Å². The normalized spacial score (nSPS) is 17.3. The number of nitrogens with one attached hydrogen (secondary N) is 2. The summed E-state index contributed by atoms with van der Waals surface area (Å²) in [5.41, 5.74) is 3.34. The van der Waals surface area contributed by atoms with Crippen LogP contribution in [0.3, 0.4) is 0 Å². The molecule has 4 rings (SSSR count). The predicted molar refractivity (Wildman–Crippen MR) is 169 cm³/mol. The Labute approximate surface area is 255 Å². The summed E-state index contributed by atoms with van der Waals surface area (Å²) in [6, 6.07) is 14.2. The van der Waals surface area contributed by atoms with Gasteiger partial charge in [0.05, 0.1) is 18.2 Å². The van der Waals surface area contributed by atoms with Crippen LogP contribution >= 0.6 is 0 Å². The number of carbonyl (C=O) groups is 3. The molecule has 0 spiro atoms. The first kappa shape index (κ1) is 32.3. The van der Waals surface area contributed by atoms with E-state index in [4.69, 9.17) is 4.74 Å². The minimum atomic E-state index is -0.958. The smallest absolute Gasteiger partial charge is 0.251 e. The highest BCUT2D eigenvalue weighted by Gasteiger charge is 2.28. The number of benzene rings is 2. The second-order valence-electron chi connectivity index (χ2n) is 12.2. The van der Waals surface area contributed by atoms with Gasteiger partial charge in [-0.2, -0.15) is 0 Å². The topological polar surface area (TPSA) is 108 Å².